The molecule has 0 aliphatic carbocycles. The van der Waals surface area contributed by atoms with Crippen molar-refractivity contribution < 1.29 is 95.2 Å². The first kappa shape index (κ1) is 74.4. The number of aliphatic hydroxyl groups is 1. The van der Waals surface area contributed by atoms with Gasteiger partial charge in [-0.2, -0.15) is 0 Å². The second-order valence-corrected chi connectivity index (χ2v) is 20.7. The van der Waals surface area contributed by atoms with E-state index in [0.29, 0.717) is 83.9 Å². The fourth-order valence-electron chi connectivity index (χ4n) is 5.83. The van der Waals surface area contributed by atoms with Crippen LogP contribution in [0.5, 0.6) is 35.0 Å². The van der Waals surface area contributed by atoms with Gasteiger partial charge in [0, 0.05) is 71.9 Å². The molecule has 452 valence electrons. The van der Waals surface area contributed by atoms with Crippen LogP contribution in [0, 0.1) is 10.8 Å². The van der Waals surface area contributed by atoms with Crippen LogP contribution in [0.15, 0.2) is 103 Å². The summed E-state index contributed by atoms with van der Waals surface area (Å²) in [6.45, 7) is 18.1. The monoisotopic (exact) mass is 1200 g/mol. The van der Waals surface area contributed by atoms with Crippen LogP contribution < -0.4 is 79.9 Å². The molecule has 1 unspecified atom stereocenters. The van der Waals surface area contributed by atoms with Gasteiger partial charge in [-0.25, -0.2) is 28.4 Å². The Bertz CT molecular complexity index is 3290. The van der Waals surface area contributed by atoms with Crippen molar-refractivity contribution in [3.63, 3.8) is 0 Å². The van der Waals surface area contributed by atoms with E-state index in [1.807, 2.05) is 46.8 Å². The molecule has 2 amide bonds. The number of hydrogen-bond donors (Lipinski definition) is 5. The van der Waals surface area contributed by atoms with Gasteiger partial charge in [0.25, 0.3) is 5.56 Å². The van der Waals surface area contributed by atoms with Gasteiger partial charge in [-0.3, -0.25) is 29.1 Å². The fourth-order valence-corrected chi connectivity index (χ4v) is 6.09. The number of ether oxygens (including phenoxy) is 7. The summed E-state index contributed by atoms with van der Waals surface area (Å²) in [5, 5.41) is 15.5. The quantitative estimate of drug-likeness (QED) is 0.0324. The van der Waals surface area contributed by atoms with E-state index in [4.69, 9.17) is 39.3 Å². The van der Waals surface area contributed by atoms with E-state index < -0.39 is 33.0 Å². The van der Waals surface area contributed by atoms with Crippen LogP contribution in [0.1, 0.15) is 91.9 Å². The molecule has 6 N–H and O–H groups in total. The second-order valence-electron chi connectivity index (χ2n) is 19.2. The molecule has 7 heterocycles. The topological polar surface area (TPSA) is 354 Å². The number of aliphatic hydroxyl groups excluding tert-OH is 1. The van der Waals surface area contributed by atoms with E-state index in [-0.39, 0.29) is 58.4 Å². The minimum atomic E-state index is -4.60. The number of H-pyrrole nitrogens is 1. The average molecular weight is 1200 g/mol. The molecule has 0 saturated carbocycles. The van der Waals surface area contributed by atoms with Crippen molar-refractivity contribution >= 4 is 67.1 Å². The first-order valence-corrected chi connectivity index (χ1v) is 27.4. The fraction of sp³-hybridized carbons (Fsp3) is 0.404. The maximum Gasteiger partial charge on any atom is 1.00 e. The van der Waals surface area contributed by atoms with Gasteiger partial charge >= 0.3 is 29.6 Å². The molecule has 84 heavy (non-hydrogen) atoms. The van der Waals surface area contributed by atoms with Crippen molar-refractivity contribution in [2.75, 3.05) is 71.2 Å². The predicted molar refractivity (Wildman–Crippen MR) is 315 cm³/mol. The minimum Gasteiger partial charge on any atom is -0.746 e. The number of nitrogens with one attached hydrogen (secondary N) is 3. The van der Waals surface area contributed by atoms with Crippen LogP contribution in [0.4, 0.5) is 17.1 Å². The molecule has 0 saturated heterocycles. The number of fused-ring (bicyclic) bond motifs is 2. The van der Waals surface area contributed by atoms with Gasteiger partial charge in [0.05, 0.1) is 93.7 Å². The number of methoxy groups -OCH3 is 4. The van der Waals surface area contributed by atoms with Gasteiger partial charge in [-0.05, 0) is 61.7 Å². The molecule has 25 nitrogen and oxygen atoms in total. The zero-order chi connectivity index (χ0) is 62.2. The maximum atomic E-state index is 11.8. The van der Waals surface area contributed by atoms with E-state index in [1.54, 1.807) is 115 Å². The van der Waals surface area contributed by atoms with E-state index in [0.717, 1.165) is 29.5 Å². The molecule has 1 atom stereocenters. The minimum absolute atomic E-state index is 0. The van der Waals surface area contributed by atoms with E-state index in [2.05, 4.69) is 57.2 Å². The van der Waals surface area contributed by atoms with Crippen molar-refractivity contribution in [1.29, 1.82) is 0 Å². The third-order valence-electron chi connectivity index (χ3n) is 10.3. The van der Waals surface area contributed by atoms with Gasteiger partial charge in [0.1, 0.15) is 21.6 Å². The molecular weight excluding hydrogens is 1120 g/mol. The zero-order valence-corrected chi connectivity index (χ0v) is 53.0. The molecule has 0 radical (unpaired) electrons. The number of aldehydes is 1. The second kappa shape index (κ2) is 38.3. The number of pyridine rings is 7. The van der Waals surface area contributed by atoms with Crippen molar-refractivity contribution in [1.82, 2.24) is 34.9 Å². The smallest absolute Gasteiger partial charge is 0.746 e. The van der Waals surface area contributed by atoms with Gasteiger partial charge in [0.2, 0.25) is 35.3 Å². The number of aromatic nitrogens is 7. The average Bonchev–Trinajstić information content (AvgIpc) is 3.61. The van der Waals surface area contributed by atoms with Gasteiger partial charge in [0.15, 0.2) is 11.7 Å². The van der Waals surface area contributed by atoms with Crippen LogP contribution in [0.25, 0.3) is 21.8 Å². The summed E-state index contributed by atoms with van der Waals surface area (Å²) in [6.07, 6.45) is 14.5. The summed E-state index contributed by atoms with van der Waals surface area (Å²) in [4.78, 5) is 72.8. The van der Waals surface area contributed by atoms with Gasteiger partial charge < -0.3 is 64.2 Å². The molecule has 7 aromatic rings. The van der Waals surface area contributed by atoms with E-state index >= 15 is 0 Å². The molecule has 0 bridgehead atoms. The molecule has 7 rings (SSSR count). The van der Waals surface area contributed by atoms with Gasteiger partial charge in [-0.15, -0.1) is 0 Å². The Morgan fingerprint density at radius 1 is 0.679 bits per heavy atom. The first-order chi connectivity index (χ1) is 39.3. The number of carbonyl (C=O) groups is 3. The Balaban J connectivity index is 0.000000508. The summed E-state index contributed by atoms with van der Waals surface area (Å²) < 4.78 is 65.6. The van der Waals surface area contributed by atoms with Crippen LogP contribution in [-0.2, 0) is 24.4 Å². The van der Waals surface area contributed by atoms with E-state index in [1.165, 1.54) is 20.4 Å². The molecule has 0 aliphatic heterocycles. The Labute approximate surface area is 512 Å². The number of aromatic amines is 1. The van der Waals surface area contributed by atoms with Crippen molar-refractivity contribution in [2.45, 2.75) is 87.0 Å². The third-order valence-corrected chi connectivity index (χ3v) is 11.1. The summed E-state index contributed by atoms with van der Waals surface area (Å²) in [7, 11) is 1.51. The SMILES string of the molecule is CCCOCC(O)S(=O)(=O)[O-].CCCOc1cnc2cc[nH]c(=O)c2c1.CCCOc1cnc2ccnc(OC)c2c1.COc1cc(N)ccn1.COc1cc(NC(=O)C(C)(C)C)ccn1.COc1nccc(NC(=O)C(C)(C)C)c1C=O.[Na+]. The van der Waals surface area contributed by atoms with Crippen LogP contribution in [0.3, 0.4) is 0 Å². The first-order valence-electron chi connectivity index (χ1n) is 25.9. The third kappa shape index (κ3) is 27.2. The van der Waals surface area contributed by atoms with Crippen LogP contribution in [-0.4, -0.2) is 131 Å². The van der Waals surface area contributed by atoms with Crippen LogP contribution >= 0.6 is 0 Å². The summed E-state index contributed by atoms with van der Waals surface area (Å²) >= 11 is 0. The molecule has 7 aromatic heterocycles. The summed E-state index contributed by atoms with van der Waals surface area (Å²) in [5.41, 5.74) is 5.96. The Kier molecular flexibility index (Phi) is 33.9. The van der Waals surface area contributed by atoms with Gasteiger partial charge in [-0.1, -0.05) is 62.3 Å². The predicted octanol–water partition coefficient (Wildman–Crippen LogP) is 5.05. The largest absolute Gasteiger partial charge is 1.00 e. The van der Waals surface area contributed by atoms with Crippen molar-refractivity contribution in [3.05, 3.63) is 114 Å². The number of anilines is 3. The molecule has 0 aromatic carbocycles. The number of carbonyl (C=O) groups excluding carboxylic acids is 3. The molecule has 27 heteroatoms. The van der Waals surface area contributed by atoms with E-state index in [9.17, 15) is 32.1 Å². The summed E-state index contributed by atoms with van der Waals surface area (Å²) in [5.74, 6) is 3.00. The van der Waals surface area contributed by atoms with Crippen LogP contribution in [0.2, 0.25) is 0 Å². The Morgan fingerprint density at radius 3 is 1.68 bits per heavy atom. The number of nitrogen functional groups attached to an aromatic ring is 1. The number of amides is 2. The van der Waals surface area contributed by atoms with Crippen molar-refractivity contribution in [2.24, 2.45) is 10.8 Å². The Hall–Kier alpha value is -7.59. The molecule has 0 spiro atoms. The Morgan fingerprint density at radius 2 is 1.18 bits per heavy atom. The number of nitrogens with zero attached hydrogens (tertiary/aromatic N) is 6. The zero-order valence-electron chi connectivity index (χ0n) is 50.2. The molecular formula is C57H77N10NaO15S. The molecule has 0 fully saturated rings. The maximum absolute atomic E-state index is 11.8. The number of nitrogens with two attached hydrogens (primary N) is 1. The molecule has 0 aliphatic rings. The number of hydrogen-bond acceptors (Lipinski definition) is 22. The summed E-state index contributed by atoms with van der Waals surface area (Å²) in [6, 6.07) is 15.6. The standard InChI is InChI=1S/C12H16N2O3.C12H14N2O2.C11H12N2O2.C11H16N2O2.C6H8N2O.C5H12O5S.Na/c1-12(2,3)11(16)14-9-5-6-13-10(17-4)8(9)7-15;1-3-6-16-9-7-10-11(14-8-9)4-5-13-12(10)15-2;1-2-5-15-8-6-9-10(13-7-8)3-4-12-11(9)14;1-11(2,3)10(14)13-8-5-6-12-9(7-8)15-4;1-9-6-4-5(7)2-3-8-6;1-2-3-10-4-5(6)11(7,8)9;/h5-7H,1-4H3,(H,13,14,16);4-5,7-8H,3,6H2,1-2H3;3-4,6-7H,2,5H2,1H3,(H,12,14);5-7H,1-4H3,(H,12,13,14);2-4H,1H3,(H2,7,8);5-6H,2-4H2,1H3,(H,7,8,9);/q;;;;;;+1/p-1. The normalized spacial score (nSPS) is 10.9. The number of rotatable bonds is 18. The van der Waals surface area contributed by atoms with Crippen molar-refractivity contribution in [3.8, 4) is 35.0 Å².